The minimum atomic E-state index is -1.89. The van der Waals surface area contributed by atoms with Crippen LogP contribution in [0.4, 0.5) is 4.39 Å². The lowest BCUT2D eigenvalue weighted by atomic mass is 9.89. The first-order valence-electron chi connectivity index (χ1n) is 7.23. The SMILES string of the molecule is CC(C)CC[C@]1(CO)O[C@@H](n2ccc(=O)[nH]c2=O)[C@H](F)[C@@H]1O. The first-order chi connectivity index (χ1) is 10.3. The first-order valence-corrected chi connectivity index (χ1v) is 7.23. The van der Waals surface area contributed by atoms with Gasteiger partial charge in [-0.15, -0.1) is 0 Å². The van der Waals surface area contributed by atoms with E-state index in [4.69, 9.17) is 4.74 Å². The van der Waals surface area contributed by atoms with Crippen molar-refractivity contribution in [3.8, 4) is 0 Å². The summed E-state index contributed by atoms with van der Waals surface area (Å²) in [6.07, 6.45) is -2.84. The highest BCUT2D eigenvalue weighted by Gasteiger charge is 2.55. The Morgan fingerprint density at radius 1 is 1.50 bits per heavy atom. The Balaban J connectivity index is 2.32. The Kier molecular flexibility index (Phi) is 4.84. The molecule has 1 aromatic heterocycles. The van der Waals surface area contributed by atoms with Gasteiger partial charge < -0.3 is 14.9 Å². The van der Waals surface area contributed by atoms with Crippen LogP contribution in [0, 0.1) is 5.92 Å². The van der Waals surface area contributed by atoms with Crippen molar-refractivity contribution in [1.82, 2.24) is 9.55 Å². The van der Waals surface area contributed by atoms with Gasteiger partial charge in [-0.05, 0) is 18.8 Å². The number of aromatic nitrogens is 2. The van der Waals surface area contributed by atoms with Crippen LogP contribution in [0.1, 0.15) is 32.9 Å². The van der Waals surface area contributed by atoms with Gasteiger partial charge >= 0.3 is 5.69 Å². The zero-order chi connectivity index (χ0) is 16.5. The molecule has 0 aliphatic carbocycles. The normalized spacial score (nSPS) is 31.8. The molecule has 1 aliphatic rings. The van der Waals surface area contributed by atoms with Crippen LogP contribution in [0.2, 0.25) is 0 Å². The number of ether oxygens (including phenoxy) is 1. The van der Waals surface area contributed by atoms with Gasteiger partial charge in [-0.2, -0.15) is 0 Å². The summed E-state index contributed by atoms with van der Waals surface area (Å²) in [5.74, 6) is 0.284. The molecule has 1 aromatic rings. The van der Waals surface area contributed by atoms with Gasteiger partial charge in [0.15, 0.2) is 12.4 Å². The van der Waals surface area contributed by atoms with E-state index in [-0.39, 0.29) is 12.3 Å². The molecule has 2 rings (SSSR count). The second-order valence-corrected chi connectivity index (χ2v) is 6.07. The molecule has 8 heteroatoms. The molecular weight excluding hydrogens is 295 g/mol. The standard InChI is InChI=1S/C14H21FN2O5/c1-8(2)3-5-14(7-18)11(20)10(15)12(22-14)17-6-4-9(19)16-13(17)21/h4,6,8,10-12,18,20H,3,5,7H2,1-2H3,(H,16,19,21)/t10-,11+,12-,14-/m1/s1. The minimum Gasteiger partial charge on any atom is -0.393 e. The summed E-state index contributed by atoms with van der Waals surface area (Å²) < 4.78 is 20.8. The lowest BCUT2D eigenvalue weighted by molar-refractivity contribution is -0.134. The van der Waals surface area contributed by atoms with Crippen molar-refractivity contribution in [2.75, 3.05) is 6.61 Å². The summed E-state index contributed by atoms with van der Waals surface area (Å²) in [7, 11) is 0. The third-order valence-corrected chi connectivity index (χ3v) is 4.01. The third kappa shape index (κ3) is 2.99. The van der Waals surface area contributed by atoms with Crippen LogP contribution < -0.4 is 11.2 Å². The second-order valence-electron chi connectivity index (χ2n) is 6.07. The quantitative estimate of drug-likeness (QED) is 0.705. The van der Waals surface area contributed by atoms with E-state index in [0.29, 0.717) is 6.42 Å². The average molecular weight is 316 g/mol. The Labute approximate surface area is 126 Å². The van der Waals surface area contributed by atoms with Crippen LogP contribution in [0.25, 0.3) is 0 Å². The fraction of sp³-hybridized carbons (Fsp3) is 0.714. The van der Waals surface area contributed by atoms with Gasteiger partial charge in [0.05, 0.1) is 6.61 Å². The predicted octanol–water partition coefficient (Wildman–Crippen LogP) is -0.0683. The Bertz CT molecular complexity index is 628. The third-order valence-electron chi connectivity index (χ3n) is 4.01. The summed E-state index contributed by atoms with van der Waals surface area (Å²) in [4.78, 5) is 24.8. The number of nitrogens with zero attached hydrogens (tertiary/aromatic N) is 1. The Morgan fingerprint density at radius 2 is 2.18 bits per heavy atom. The summed E-state index contributed by atoms with van der Waals surface area (Å²) in [5.41, 5.74) is -2.89. The number of H-pyrrole nitrogens is 1. The maximum atomic E-state index is 14.4. The van der Waals surface area contributed by atoms with E-state index in [1.165, 1.54) is 0 Å². The van der Waals surface area contributed by atoms with Crippen LogP contribution >= 0.6 is 0 Å². The zero-order valence-electron chi connectivity index (χ0n) is 12.5. The molecule has 1 aliphatic heterocycles. The van der Waals surface area contributed by atoms with Gasteiger partial charge in [0.25, 0.3) is 5.56 Å². The molecule has 0 amide bonds. The number of hydrogen-bond donors (Lipinski definition) is 3. The Morgan fingerprint density at radius 3 is 2.73 bits per heavy atom. The lowest BCUT2D eigenvalue weighted by Crippen LogP contribution is -2.45. The molecule has 0 aromatic carbocycles. The molecule has 0 saturated carbocycles. The van der Waals surface area contributed by atoms with Crippen molar-refractivity contribution in [2.24, 2.45) is 5.92 Å². The lowest BCUT2D eigenvalue weighted by Gasteiger charge is -2.30. The fourth-order valence-electron chi connectivity index (χ4n) is 2.61. The van der Waals surface area contributed by atoms with Crippen LogP contribution in [0.15, 0.2) is 21.9 Å². The first kappa shape index (κ1) is 16.9. The van der Waals surface area contributed by atoms with Gasteiger partial charge in [-0.1, -0.05) is 13.8 Å². The maximum Gasteiger partial charge on any atom is 0.330 e. The zero-order valence-corrected chi connectivity index (χ0v) is 12.5. The van der Waals surface area contributed by atoms with Gasteiger partial charge in [0.1, 0.15) is 11.7 Å². The van der Waals surface area contributed by atoms with E-state index in [2.05, 4.69) is 0 Å². The number of nitrogens with one attached hydrogen (secondary N) is 1. The van der Waals surface area contributed by atoms with Gasteiger partial charge in [0, 0.05) is 12.3 Å². The molecule has 1 saturated heterocycles. The van der Waals surface area contributed by atoms with E-state index in [1.54, 1.807) is 0 Å². The smallest absolute Gasteiger partial charge is 0.330 e. The van der Waals surface area contributed by atoms with Crippen molar-refractivity contribution >= 4 is 0 Å². The van der Waals surface area contributed by atoms with Crippen LogP contribution in [0.3, 0.4) is 0 Å². The van der Waals surface area contributed by atoms with E-state index in [1.807, 2.05) is 18.8 Å². The van der Waals surface area contributed by atoms with Crippen molar-refractivity contribution in [3.63, 3.8) is 0 Å². The van der Waals surface area contributed by atoms with Gasteiger partial charge in [-0.25, -0.2) is 9.18 Å². The molecule has 0 radical (unpaired) electrons. The summed E-state index contributed by atoms with van der Waals surface area (Å²) in [6.45, 7) is 3.36. The molecule has 4 atom stereocenters. The van der Waals surface area contributed by atoms with Crippen LogP contribution in [-0.2, 0) is 4.74 Å². The van der Waals surface area contributed by atoms with Gasteiger partial charge in [-0.3, -0.25) is 14.3 Å². The highest BCUT2D eigenvalue weighted by molar-refractivity contribution is 5.02. The fourth-order valence-corrected chi connectivity index (χ4v) is 2.61. The second kappa shape index (κ2) is 6.31. The Hall–Kier alpha value is -1.51. The van der Waals surface area contributed by atoms with E-state index in [9.17, 15) is 24.2 Å². The number of halogens is 1. The molecule has 1 fully saturated rings. The highest BCUT2D eigenvalue weighted by Crippen LogP contribution is 2.41. The highest BCUT2D eigenvalue weighted by atomic mass is 19.1. The molecule has 124 valence electrons. The molecule has 0 bridgehead atoms. The van der Waals surface area contributed by atoms with Crippen molar-refractivity contribution < 1.29 is 19.3 Å². The molecule has 22 heavy (non-hydrogen) atoms. The number of hydrogen-bond acceptors (Lipinski definition) is 5. The molecular formula is C14H21FN2O5. The topological polar surface area (TPSA) is 105 Å². The van der Waals surface area contributed by atoms with Crippen molar-refractivity contribution in [1.29, 1.82) is 0 Å². The molecule has 3 N–H and O–H groups in total. The minimum absolute atomic E-state index is 0.261. The summed E-state index contributed by atoms with van der Waals surface area (Å²) in [6, 6.07) is 1.07. The molecule has 0 unspecified atom stereocenters. The average Bonchev–Trinajstić information content (AvgIpc) is 2.71. The monoisotopic (exact) mass is 316 g/mol. The van der Waals surface area contributed by atoms with Crippen molar-refractivity contribution in [3.05, 3.63) is 33.1 Å². The number of alkyl halides is 1. The molecule has 7 nitrogen and oxygen atoms in total. The predicted molar refractivity (Wildman–Crippen MR) is 76.2 cm³/mol. The van der Waals surface area contributed by atoms with Crippen LogP contribution in [-0.4, -0.2) is 44.2 Å². The van der Waals surface area contributed by atoms with E-state index in [0.717, 1.165) is 16.8 Å². The number of rotatable bonds is 5. The van der Waals surface area contributed by atoms with Crippen molar-refractivity contribution in [2.45, 2.75) is 50.8 Å². The largest absolute Gasteiger partial charge is 0.393 e. The molecule has 2 heterocycles. The van der Waals surface area contributed by atoms with E-state index >= 15 is 0 Å². The van der Waals surface area contributed by atoms with Crippen LogP contribution in [0.5, 0.6) is 0 Å². The number of aromatic amines is 1. The van der Waals surface area contributed by atoms with E-state index < -0.39 is 42.0 Å². The summed E-state index contributed by atoms with van der Waals surface area (Å²) >= 11 is 0. The number of aliphatic hydroxyl groups excluding tert-OH is 2. The maximum absolute atomic E-state index is 14.4. The number of aliphatic hydroxyl groups is 2. The molecule has 0 spiro atoms. The van der Waals surface area contributed by atoms with Gasteiger partial charge in [0.2, 0.25) is 0 Å². The summed E-state index contributed by atoms with van der Waals surface area (Å²) in [5, 5.41) is 19.7.